The number of fused-ring (bicyclic) bond motifs is 2. The van der Waals surface area contributed by atoms with E-state index in [0.717, 1.165) is 25.0 Å². The summed E-state index contributed by atoms with van der Waals surface area (Å²) in [6, 6.07) is 1.59. The zero-order valence-electron chi connectivity index (χ0n) is 10.7. The van der Waals surface area contributed by atoms with E-state index in [1.165, 1.54) is 0 Å². The summed E-state index contributed by atoms with van der Waals surface area (Å²) in [7, 11) is 0. The van der Waals surface area contributed by atoms with Crippen LogP contribution in [0.1, 0.15) is 36.0 Å². The Kier molecular flexibility index (Phi) is 3.42. The SMILES string of the molecule is O=C(c1cc(F)c(F)cc1Cl)N1C2CCC1CC(O)C2. The summed E-state index contributed by atoms with van der Waals surface area (Å²) >= 11 is 5.86. The molecule has 2 bridgehead atoms. The van der Waals surface area contributed by atoms with Crippen molar-refractivity contribution in [2.75, 3.05) is 0 Å². The molecule has 2 atom stereocenters. The Labute approximate surface area is 120 Å². The number of nitrogens with zero attached hydrogens (tertiary/aromatic N) is 1. The number of rotatable bonds is 1. The minimum Gasteiger partial charge on any atom is -0.393 e. The summed E-state index contributed by atoms with van der Waals surface area (Å²) in [6.07, 6.45) is 2.33. The Balaban J connectivity index is 1.92. The summed E-state index contributed by atoms with van der Waals surface area (Å²) in [6.45, 7) is 0. The molecule has 2 heterocycles. The highest BCUT2D eigenvalue weighted by Crippen LogP contribution is 2.37. The summed E-state index contributed by atoms with van der Waals surface area (Å²) in [4.78, 5) is 14.2. The van der Waals surface area contributed by atoms with Crippen molar-refractivity contribution in [2.24, 2.45) is 0 Å². The molecule has 1 aromatic rings. The molecular formula is C14H14ClF2NO2. The molecular weight excluding hydrogens is 288 g/mol. The van der Waals surface area contributed by atoms with E-state index in [-0.39, 0.29) is 28.6 Å². The van der Waals surface area contributed by atoms with E-state index in [9.17, 15) is 18.7 Å². The number of amides is 1. The number of hydrogen-bond acceptors (Lipinski definition) is 2. The van der Waals surface area contributed by atoms with E-state index in [1.54, 1.807) is 4.90 Å². The van der Waals surface area contributed by atoms with Gasteiger partial charge in [-0.3, -0.25) is 4.79 Å². The minimum atomic E-state index is -1.08. The lowest BCUT2D eigenvalue weighted by Crippen LogP contribution is -2.48. The van der Waals surface area contributed by atoms with E-state index < -0.39 is 17.7 Å². The smallest absolute Gasteiger partial charge is 0.255 e. The second-order valence-electron chi connectivity index (χ2n) is 5.47. The van der Waals surface area contributed by atoms with Gasteiger partial charge in [-0.1, -0.05) is 11.6 Å². The number of piperidine rings is 1. The molecule has 0 radical (unpaired) electrons. The number of benzene rings is 1. The van der Waals surface area contributed by atoms with Gasteiger partial charge in [0.1, 0.15) is 0 Å². The molecule has 1 aromatic carbocycles. The van der Waals surface area contributed by atoms with Crippen molar-refractivity contribution in [1.82, 2.24) is 4.90 Å². The van der Waals surface area contributed by atoms with Gasteiger partial charge in [-0.2, -0.15) is 0 Å². The standard InChI is InChI=1S/C14H14ClF2NO2/c15-11-6-13(17)12(16)5-10(11)14(20)18-7-1-2-8(18)4-9(19)3-7/h5-9,19H,1-4H2. The van der Waals surface area contributed by atoms with Crippen molar-refractivity contribution in [3.8, 4) is 0 Å². The van der Waals surface area contributed by atoms with Gasteiger partial charge in [0, 0.05) is 12.1 Å². The number of aliphatic hydroxyl groups is 1. The van der Waals surface area contributed by atoms with Crippen LogP contribution in [0, 0.1) is 11.6 Å². The van der Waals surface area contributed by atoms with E-state index >= 15 is 0 Å². The Morgan fingerprint density at radius 2 is 1.75 bits per heavy atom. The zero-order chi connectivity index (χ0) is 14.4. The van der Waals surface area contributed by atoms with E-state index in [1.807, 2.05) is 0 Å². The number of carbonyl (C=O) groups is 1. The Bertz CT molecular complexity index is 552. The summed E-state index contributed by atoms with van der Waals surface area (Å²) < 4.78 is 26.4. The second-order valence-corrected chi connectivity index (χ2v) is 5.88. The van der Waals surface area contributed by atoms with Crippen LogP contribution in [-0.4, -0.2) is 34.1 Å². The molecule has 0 aromatic heterocycles. The number of carbonyl (C=O) groups excluding carboxylic acids is 1. The molecule has 2 fully saturated rings. The molecule has 2 saturated heterocycles. The lowest BCUT2D eigenvalue weighted by Gasteiger charge is -2.37. The van der Waals surface area contributed by atoms with Gasteiger partial charge >= 0.3 is 0 Å². The first-order chi connectivity index (χ1) is 9.47. The maximum absolute atomic E-state index is 13.3. The molecule has 0 spiro atoms. The molecule has 2 unspecified atom stereocenters. The molecule has 2 aliphatic heterocycles. The van der Waals surface area contributed by atoms with Crippen LogP contribution < -0.4 is 0 Å². The molecule has 1 amide bonds. The Hall–Kier alpha value is -1.20. The van der Waals surface area contributed by atoms with Gasteiger partial charge in [0.25, 0.3) is 5.91 Å². The van der Waals surface area contributed by atoms with Gasteiger partial charge in [-0.15, -0.1) is 0 Å². The minimum absolute atomic E-state index is 0.0149. The zero-order valence-corrected chi connectivity index (χ0v) is 11.4. The van der Waals surface area contributed by atoms with E-state index in [0.29, 0.717) is 12.8 Å². The highest BCUT2D eigenvalue weighted by Gasteiger charge is 2.43. The van der Waals surface area contributed by atoms with Crippen molar-refractivity contribution in [2.45, 2.75) is 43.9 Å². The fourth-order valence-electron chi connectivity index (χ4n) is 3.31. The average molecular weight is 302 g/mol. The molecule has 2 aliphatic rings. The predicted octanol–water partition coefficient (Wildman–Crippen LogP) is 2.75. The molecule has 3 nitrogen and oxygen atoms in total. The Morgan fingerprint density at radius 3 is 2.35 bits per heavy atom. The highest BCUT2D eigenvalue weighted by atomic mass is 35.5. The van der Waals surface area contributed by atoms with Crippen molar-refractivity contribution >= 4 is 17.5 Å². The number of halogens is 3. The van der Waals surface area contributed by atoms with Crippen LogP contribution >= 0.6 is 11.6 Å². The lowest BCUT2D eigenvalue weighted by atomic mass is 9.98. The average Bonchev–Trinajstić information content (AvgIpc) is 2.65. The fraction of sp³-hybridized carbons (Fsp3) is 0.500. The van der Waals surface area contributed by atoms with Crippen molar-refractivity contribution in [3.05, 3.63) is 34.4 Å². The van der Waals surface area contributed by atoms with Gasteiger partial charge in [0.15, 0.2) is 11.6 Å². The quantitative estimate of drug-likeness (QED) is 0.810. The van der Waals surface area contributed by atoms with Gasteiger partial charge in [-0.05, 0) is 37.8 Å². The van der Waals surface area contributed by atoms with E-state index in [4.69, 9.17) is 11.6 Å². The van der Waals surface area contributed by atoms with Gasteiger partial charge in [0.05, 0.1) is 16.7 Å². The third-order valence-corrected chi connectivity index (χ3v) is 4.50. The van der Waals surface area contributed by atoms with Crippen LogP contribution in [-0.2, 0) is 0 Å². The van der Waals surface area contributed by atoms with Gasteiger partial charge in [0.2, 0.25) is 0 Å². The first kappa shape index (κ1) is 13.8. The predicted molar refractivity (Wildman–Crippen MR) is 69.6 cm³/mol. The van der Waals surface area contributed by atoms with Gasteiger partial charge < -0.3 is 10.0 Å². The molecule has 108 valence electrons. The summed E-state index contributed by atoms with van der Waals surface area (Å²) in [5, 5.41) is 9.64. The van der Waals surface area contributed by atoms with Crippen LogP contribution in [0.4, 0.5) is 8.78 Å². The maximum Gasteiger partial charge on any atom is 0.255 e. The molecule has 1 N–H and O–H groups in total. The van der Waals surface area contributed by atoms with Crippen LogP contribution in [0.5, 0.6) is 0 Å². The Morgan fingerprint density at radius 1 is 1.20 bits per heavy atom. The third kappa shape index (κ3) is 2.19. The normalized spacial score (nSPS) is 28.8. The maximum atomic E-state index is 13.3. The van der Waals surface area contributed by atoms with Crippen molar-refractivity contribution in [1.29, 1.82) is 0 Å². The lowest BCUT2D eigenvalue weighted by molar-refractivity contribution is 0.0286. The fourth-order valence-corrected chi connectivity index (χ4v) is 3.54. The second kappa shape index (κ2) is 4.97. The molecule has 6 heteroatoms. The van der Waals surface area contributed by atoms with Crippen LogP contribution in [0.25, 0.3) is 0 Å². The van der Waals surface area contributed by atoms with Crippen LogP contribution in [0.15, 0.2) is 12.1 Å². The molecule has 0 saturated carbocycles. The van der Waals surface area contributed by atoms with Crippen molar-refractivity contribution in [3.63, 3.8) is 0 Å². The third-order valence-electron chi connectivity index (χ3n) is 4.18. The van der Waals surface area contributed by atoms with Gasteiger partial charge in [-0.25, -0.2) is 8.78 Å². The first-order valence-electron chi connectivity index (χ1n) is 6.62. The number of hydrogen-bond donors (Lipinski definition) is 1. The monoisotopic (exact) mass is 301 g/mol. The highest BCUT2D eigenvalue weighted by molar-refractivity contribution is 6.33. The topological polar surface area (TPSA) is 40.5 Å². The largest absolute Gasteiger partial charge is 0.393 e. The molecule has 20 heavy (non-hydrogen) atoms. The molecule has 3 rings (SSSR count). The summed E-state index contributed by atoms with van der Waals surface area (Å²) in [5.74, 6) is -2.53. The first-order valence-corrected chi connectivity index (χ1v) is 7.00. The molecule has 0 aliphatic carbocycles. The van der Waals surface area contributed by atoms with Crippen LogP contribution in [0.3, 0.4) is 0 Å². The van der Waals surface area contributed by atoms with Crippen molar-refractivity contribution < 1.29 is 18.7 Å². The number of aliphatic hydroxyl groups excluding tert-OH is 1. The summed E-state index contributed by atoms with van der Waals surface area (Å²) in [5.41, 5.74) is -0.0149. The van der Waals surface area contributed by atoms with Crippen LogP contribution in [0.2, 0.25) is 5.02 Å². The van der Waals surface area contributed by atoms with E-state index in [2.05, 4.69) is 0 Å².